The van der Waals surface area contributed by atoms with Crippen LogP contribution in [-0.2, 0) is 29.1 Å². The molecule has 5 aromatic rings. The number of carbonyl (C=O) groups is 2. The number of aliphatic carboxylic acids is 1. The largest absolute Gasteiger partial charge is 0.481 e. The van der Waals surface area contributed by atoms with E-state index < -0.39 is 18.6 Å². The zero-order valence-electron chi connectivity index (χ0n) is 29.5. The maximum Gasteiger partial charge on any atom is 0.394 e. The molecule has 1 aliphatic heterocycles. The van der Waals surface area contributed by atoms with Crippen molar-refractivity contribution in [1.29, 1.82) is 0 Å². The first-order valence-electron chi connectivity index (χ1n) is 18.0. The van der Waals surface area contributed by atoms with Gasteiger partial charge in [0.25, 0.3) is 0 Å². The number of hydrogen-bond donors (Lipinski definition) is 5. The molecule has 16 heteroatoms. The molecule has 0 radical (unpaired) electrons. The zero-order valence-corrected chi connectivity index (χ0v) is 31.8. The van der Waals surface area contributed by atoms with Gasteiger partial charge in [0.1, 0.15) is 10.5 Å². The maximum absolute atomic E-state index is 13.7. The third-order valence-corrected chi connectivity index (χ3v) is 11.8. The van der Waals surface area contributed by atoms with Crippen LogP contribution in [0.2, 0.25) is 10.0 Å². The number of carboxylic acids is 1. The highest BCUT2D eigenvalue weighted by Gasteiger charge is 2.31. The third-order valence-electron chi connectivity index (χ3n) is 10.0. The Hall–Kier alpha value is -4.34. The molecule has 0 spiro atoms. The van der Waals surface area contributed by atoms with Crippen molar-refractivity contribution in [3.8, 4) is 22.4 Å². The van der Waals surface area contributed by atoms with E-state index >= 15 is 0 Å². The number of nitrogens with one attached hydrogen (secondary N) is 4. The number of pyridine rings is 2. The second-order valence-electron chi connectivity index (χ2n) is 13.9. The third kappa shape index (κ3) is 9.38. The number of anilines is 2. The van der Waals surface area contributed by atoms with Crippen molar-refractivity contribution in [3.63, 3.8) is 0 Å². The molecular formula is C39H38Cl2F3N7O3S. The molecule has 2 aromatic carbocycles. The van der Waals surface area contributed by atoms with E-state index in [9.17, 15) is 27.9 Å². The molecule has 1 aliphatic carbocycles. The lowest BCUT2D eigenvalue weighted by atomic mass is 9.86. The van der Waals surface area contributed by atoms with Gasteiger partial charge in [-0.1, -0.05) is 59.6 Å². The van der Waals surface area contributed by atoms with Crippen LogP contribution in [0.15, 0.2) is 60.8 Å². The number of nitrogens with zero attached hydrogens (tertiary/aromatic N) is 3. The second kappa shape index (κ2) is 16.8. The average Bonchev–Trinajstić information content (AvgIpc) is 3.78. The molecule has 0 unspecified atom stereocenters. The summed E-state index contributed by atoms with van der Waals surface area (Å²) in [4.78, 5) is 36.7. The molecule has 5 N–H and O–H groups in total. The Morgan fingerprint density at radius 3 is 2.40 bits per heavy atom. The monoisotopic (exact) mass is 811 g/mol. The fourth-order valence-corrected chi connectivity index (χ4v) is 8.66. The number of fused-ring (bicyclic) bond motifs is 1. The number of carboxylic acid groups (broad SMARTS) is 1. The fourth-order valence-electron chi connectivity index (χ4n) is 7.14. The maximum atomic E-state index is 13.7. The Kier molecular flexibility index (Phi) is 11.9. The first-order chi connectivity index (χ1) is 26.4. The Morgan fingerprint density at radius 2 is 1.67 bits per heavy atom. The van der Waals surface area contributed by atoms with E-state index in [1.165, 1.54) is 0 Å². The Balaban J connectivity index is 1.09. The molecule has 2 fully saturated rings. The summed E-state index contributed by atoms with van der Waals surface area (Å²) in [6.07, 6.45) is 0.0656. The molecule has 2 aliphatic rings. The molecular weight excluding hydrogens is 774 g/mol. The minimum absolute atomic E-state index is 0.0291. The second-order valence-corrected chi connectivity index (χ2v) is 15.7. The summed E-state index contributed by atoms with van der Waals surface area (Å²) in [6.45, 7) is 1.15. The molecule has 1 amide bonds. The summed E-state index contributed by atoms with van der Waals surface area (Å²) in [6, 6.07) is 16.1. The topological polar surface area (TPSA) is 141 Å². The lowest BCUT2D eigenvalue weighted by molar-refractivity contribution is -0.143. The molecule has 4 heterocycles. The standard InChI is InChI=1S/C39H38Cl2F3N7O3S/c40-34-25(3-1-5-27(34)28-13-9-22(30(49-28)17-39(42,43)44)18-45-19-24-12-14-32(52)48-24)26-4-2-6-29(35(26)41)50-37-36-31(15-16-46-37)55-33(51-36)20-47-23-10-7-21(8-11-23)38(53)54/h1-6,9,13,15-16,21,23-24,45,47H,7-8,10-12,14,17-20H2,(H,46,50)(H,48,52)(H,53,54)/t21?,23?,24-/m0/s1. The number of benzene rings is 2. The highest BCUT2D eigenvalue weighted by Crippen LogP contribution is 2.42. The molecule has 1 saturated carbocycles. The van der Waals surface area contributed by atoms with Crippen LogP contribution in [0.5, 0.6) is 0 Å². The predicted molar refractivity (Wildman–Crippen MR) is 209 cm³/mol. The van der Waals surface area contributed by atoms with E-state index in [1.54, 1.807) is 47.9 Å². The number of aromatic nitrogens is 3. The van der Waals surface area contributed by atoms with Gasteiger partial charge in [-0.15, -0.1) is 11.3 Å². The highest BCUT2D eigenvalue weighted by molar-refractivity contribution is 7.18. The van der Waals surface area contributed by atoms with Crippen LogP contribution in [0, 0.1) is 5.92 Å². The van der Waals surface area contributed by atoms with Crippen molar-refractivity contribution in [1.82, 2.24) is 30.9 Å². The number of amides is 1. The predicted octanol–water partition coefficient (Wildman–Crippen LogP) is 8.68. The van der Waals surface area contributed by atoms with Crippen molar-refractivity contribution < 1.29 is 27.9 Å². The summed E-state index contributed by atoms with van der Waals surface area (Å²) in [5, 5.41) is 23.7. The first-order valence-corrected chi connectivity index (χ1v) is 19.6. The molecule has 10 nitrogen and oxygen atoms in total. The fraction of sp³-hybridized carbons (Fsp3) is 0.359. The summed E-state index contributed by atoms with van der Waals surface area (Å²) >= 11 is 15.6. The van der Waals surface area contributed by atoms with E-state index in [0.717, 1.165) is 22.5 Å². The molecule has 288 valence electrons. The van der Waals surface area contributed by atoms with Crippen LogP contribution < -0.4 is 21.3 Å². The number of halogens is 5. The molecule has 0 bridgehead atoms. The summed E-state index contributed by atoms with van der Waals surface area (Å²) in [5.74, 6) is -0.505. The van der Waals surface area contributed by atoms with Crippen molar-refractivity contribution in [3.05, 3.63) is 87.1 Å². The Morgan fingerprint density at radius 1 is 0.927 bits per heavy atom. The molecule has 55 heavy (non-hydrogen) atoms. The minimum Gasteiger partial charge on any atom is -0.481 e. The summed E-state index contributed by atoms with van der Waals surface area (Å²) in [7, 11) is 0. The molecule has 1 saturated heterocycles. The van der Waals surface area contributed by atoms with Crippen LogP contribution in [0.3, 0.4) is 0 Å². The quantitative estimate of drug-likeness (QED) is 0.0790. The van der Waals surface area contributed by atoms with Crippen LogP contribution >= 0.6 is 34.5 Å². The van der Waals surface area contributed by atoms with E-state index in [-0.39, 0.29) is 41.2 Å². The smallest absolute Gasteiger partial charge is 0.394 e. The highest BCUT2D eigenvalue weighted by atomic mass is 35.5. The van der Waals surface area contributed by atoms with Crippen molar-refractivity contribution in [2.24, 2.45) is 5.92 Å². The number of alkyl halides is 3. The van der Waals surface area contributed by atoms with Crippen molar-refractivity contribution >= 4 is 68.1 Å². The van der Waals surface area contributed by atoms with E-state index in [4.69, 9.17) is 28.2 Å². The van der Waals surface area contributed by atoms with E-state index in [0.29, 0.717) is 88.8 Å². The van der Waals surface area contributed by atoms with Gasteiger partial charge in [0, 0.05) is 61.0 Å². The number of thiazole rings is 1. The van der Waals surface area contributed by atoms with Gasteiger partial charge in [0.15, 0.2) is 5.82 Å². The summed E-state index contributed by atoms with van der Waals surface area (Å²) < 4.78 is 42.1. The van der Waals surface area contributed by atoms with Gasteiger partial charge >= 0.3 is 12.1 Å². The normalized spacial score (nSPS) is 18.8. The number of rotatable bonds is 13. The lowest BCUT2D eigenvalue weighted by Gasteiger charge is -2.26. The van der Waals surface area contributed by atoms with Crippen LogP contribution in [0.25, 0.3) is 32.6 Å². The van der Waals surface area contributed by atoms with Crippen LogP contribution in [0.1, 0.15) is 54.8 Å². The SMILES string of the molecule is O=C1CC[C@@H](CNCc2ccc(-c3cccc(-c4cccc(Nc5nccc6sc(CNC7CCC(C(=O)O)CC7)nc56)c4Cl)c3Cl)nc2CC(F)(F)F)N1. The molecule has 7 rings (SSSR count). The van der Waals surface area contributed by atoms with E-state index in [1.807, 2.05) is 24.3 Å². The van der Waals surface area contributed by atoms with Gasteiger partial charge in [0.05, 0.1) is 44.2 Å². The van der Waals surface area contributed by atoms with Gasteiger partial charge < -0.3 is 26.4 Å². The van der Waals surface area contributed by atoms with Crippen LogP contribution in [-0.4, -0.2) is 56.7 Å². The molecule has 1 atom stereocenters. The van der Waals surface area contributed by atoms with E-state index in [2.05, 4.69) is 31.2 Å². The number of hydrogen-bond acceptors (Lipinski definition) is 9. The Labute approximate surface area is 329 Å². The van der Waals surface area contributed by atoms with Gasteiger partial charge in [-0.3, -0.25) is 14.6 Å². The number of carbonyl (C=O) groups excluding carboxylic acids is 1. The van der Waals surface area contributed by atoms with Crippen LogP contribution in [0.4, 0.5) is 24.7 Å². The van der Waals surface area contributed by atoms with Crippen molar-refractivity contribution in [2.45, 2.75) is 76.3 Å². The average molecular weight is 813 g/mol. The van der Waals surface area contributed by atoms with Gasteiger partial charge in [-0.25, -0.2) is 9.97 Å². The zero-order chi connectivity index (χ0) is 38.7. The van der Waals surface area contributed by atoms with Crippen molar-refractivity contribution in [2.75, 3.05) is 11.9 Å². The lowest BCUT2D eigenvalue weighted by Crippen LogP contribution is -2.35. The summed E-state index contributed by atoms with van der Waals surface area (Å²) in [5.41, 5.74) is 3.46. The van der Waals surface area contributed by atoms with Gasteiger partial charge in [0.2, 0.25) is 5.91 Å². The van der Waals surface area contributed by atoms with Gasteiger partial charge in [-0.2, -0.15) is 13.2 Å². The Bertz CT molecular complexity index is 2210. The molecule has 3 aromatic heterocycles. The minimum atomic E-state index is -4.48. The van der Waals surface area contributed by atoms with Gasteiger partial charge in [-0.05, 0) is 55.9 Å². The first kappa shape index (κ1) is 38.9.